The topological polar surface area (TPSA) is 84.2 Å². The third kappa shape index (κ3) is 2.28. The summed E-state index contributed by atoms with van der Waals surface area (Å²) < 4.78 is 25.8. The minimum Gasteiger partial charge on any atom is -0.399 e. The first-order valence-corrected chi connectivity index (χ1v) is 6.61. The molecule has 0 aliphatic heterocycles. The summed E-state index contributed by atoms with van der Waals surface area (Å²) in [5, 5.41) is 3.18. The molecule has 0 unspecified atom stereocenters. The van der Waals surface area contributed by atoms with Crippen LogP contribution in [0.2, 0.25) is 0 Å². The Balaban J connectivity index is 2.43. The highest BCUT2D eigenvalue weighted by Gasteiger charge is 2.24. The number of benzene rings is 1. The van der Waals surface area contributed by atoms with Gasteiger partial charge in [-0.05, 0) is 38.1 Å². The van der Waals surface area contributed by atoms with Crippen LogP contribution in [0, 0.1) is 0 Å². The van der Waals surface area contributed by atoms with E-state index < -0.39 is 10.0 Å². The van der Waals surface area contributed by atoms with Gasteiger partial charge in [-0.2, -0.15) is 0 Å². The molecule has 4 N–H and O–H groups in total. The Morgan fingerprint density at radius 3 is 2.62 bits per heavy atom. The van der Waals surface area contributed by atoms with Gasteiger partial charge in [0.15, 0.2) is 0 Å². The SMILES string of the molecule is CNS(=O)(=O)c1cc(N)ccc1NC1CC1. The van der Waals surface area contributed by atoms with Gasteiger partial charge in [-0.3, -0.25) is 0 Å². The molecule has 0 heterocycles. The summed E-state index contributed by atoms with van der Waals surface area (Å²) in [5.74, 6) is 0. The second kappa shape index (κ2) is 3.95. The highest BCUT2D eigenvalue weighted by atomic mass is 32.2. The summed E-state index contributed by atoms with van der Waals surface area (Å²) in [5.41, 5.74) is 6.66. The first-order valence-electron chi connectivity index (χ1n) is 5.12. The zero-order chi connectivity index (χ0) is 11.8. The van der Waals surface area contributed by atoms with Crippen molar-refractivity contribution >= 4 is 21.4 Å². The molecule has 5 nitrogen and oxygen atoms in total. The highest BCUT2D eigenvalue weighted by Crippen LogP contribution is 2.30. The minimum absolute atomic E-state index is 0.210. The lowest BCUT2D eigenvalue weighted by molar-refractivity contribution is 0.588. The second-order valence-corrected chi connectivity index (χ2v) is 5.74. The van der Waals surface area contributed by atoms with E-state index in [9.17, 15) is 8.42 Å². The number of hydrogen-bond acceptors (Lipinski definition) is 4. The lowest BCUT2D eigenvalue weighted by Gasteiger charge is -2.12. The molecule has 0 bridgehead atoms. The molecule has 88 valence electrons. The van der Waals surface area contributed by atoms with Crippen LogP contribution in [0.1, 0.15) is 12.8 Å². The molecule has 16 heavy (non-hydrogen) atoms. The third-order valence-corrected chi connectivity index (χ3v) is 3.96. The molecule has 2 rings (SSSR count). The van der Waals surface area contributed by atoms with Crippen molar-refractivity contribution in [3.8, 4) is 0 Å². The van der Waals surface area contributed by atoms with Gasteiger partial charge in [0.1, 0.15) is 4.90 Å². The van der Waals surface area contributed by atoms with Crippen LogP contribution in [-0.2, 0) is 10.0 Å². The van der Waals surface area contributed by atoms with Crippen LogP contribution in [0.4, 0.5) is 11.4 Å². The lowest BCUT2D eigenvalue weighted by atomic mass is 10.3. The van der Waals surface area contributed by atoms with E-state index >= 15 is 0 Å². The van der Waals surface area contributed by atoms with Crippen molar-refractivity contribution in [3.05, 3.63) is 18.2 Å². The van der Waals surface area contributed by atoms with Crippen LogP contribution in [0.3, 0.4) is 0 Å². The fourth-order valence-corrected chi connectivity index (χ4v) is 2.37. The van der Waals surface area contributed by atoms with Crippen LogP contribution < -0.4 is 15.8 Å². The van der Waals surface area contributed by atoms with Gasteiger partial charge in [-0.15, -0.1) is 0 Å². The van der Waals surface area contributed by atoms with Crippen molar-refractivity contribution in [3.63, 3.8) is 0 Å². The van der Waals surface area contributed by atoms with Crippen molar-refractivity contribution in [2.24, 2.45) is 0 Å². The largest absolute Gasteiger partial charge is 0.399 e. The quantitative estimate of drug-likeness (QED) is 0.679. The Kier molecular flexibility index (Phi) is 2.77. The Hall–Kier alpha value is -1.27. The highest BCUT2D eigenvalue weighted by molar-refractivity contribution is 7.89. The number of rotatable bonds is 4. The van der Waals surface area contributed by atoms with Crippen LogP contribution in [-0.4, -0.2) is 21.5 Å². The van der Waals surface area contributed by atoms with Gasteiger partial charge in [-0.25, -0.2) is 13.1 Å². The van der Waals surface area contributed by atoms with Gasteiger partial charge in [0.05, 0.1) is 5.69 Å². The standard InChI is InChI=1S/C10H15N3O2S/c1-12-16(14,15)10-6-7(11)2-5-9(10)13-8-3-4-8/h2,5-6,8,12-13H,3-4,11H2,1H3. The van der Waals surface area contributed by atoms with Gasteiger partial charge in [0.25, 0.3) is 0 Å². The van der Waals surface area contributed by atoms with E-state index in [1.807, 2.05) is 0 Å². The molecule has 1 aliphatic rings. The molecule has 0 amide bonds. The first-order chi connectivity index (χ1) is 7.53. The second-order valence-electron chi connectivity index (χ2n) is 3.88. The number of hydrogen-bond donors (Lipinski definition) is 3. The summed E-state index contributed by atoms with van der Waals surface area (Å²) in [7, 11) is -2.07. The Labute approximate surface area is 95.1 Å². The fraction of sp³-hybridized carbons (Fsp3) is 0.400. The lowest BCUT2D eigenvalue weighted by Crippen LogP contribution is -2.20. The Bertz CT molecular complexity index is 495. The van der Waals surface area contributed by atoms with E-state index in [0.29, 0.717) is 17.4 Å². The molecular formula is C10H15N3O2S. The van der Waals surface area contributed by atoms with Crippen LogP contribution in [0.15, 0.2) is 23.1 Å². The number of anilines is 2. The molecule has 1 saturated carbocycles. The van der Waals surface area contributed by atoms with Crippen molar-refractivity contribution in [1.82, 2.24) is 4.72 Å². The maximum absolute atomic E-state index is 11.8. The predicted octanol–water partition coefficient (Wildman–Crippen LogP) is 0.751. The van der Waals surface area contributed by atoms with Gasteiger partial charge < -0.3 is 11.1 Å². The molecule has 6 heteroatoms. The van der Waals surface area contributed by atoms with Gasteiger partial charge in [0.2, 0.25) is 10.0 Å². The zero-order valence-corrected chi connectivity index (χ0v) is 9.84. The van der Waals surface area contributed by atoms with Gasteiger partial charge >= 0.3 is 0 Å². The minimum atomic E-state index is -3.46. The van der Waals surface area contributed by atoms with Gasteiger partial charge in [-0.1, -0.05) is 0 Å². The number of nitrogens with one attached hydrogen (secondary N) is 2. The molecule has 0 radical (unpaired) electrons. The smallest absolute Gasteiger partial charge is 0.242 e. The van der Waals surface area contributed by atoms with Crippen molar-refractivity contribution in [1.29, 1.82) is 0 Å². The van der Waals surface area contributed by atoms with Crippen molar-refractivity contribution in [2.75, 3.05) is 18.1 Å². The Morgan fingerprint density at radius 2 is 2.06 bits per heavy atom. The molecule has 0 aromatic heterocycles. The molecule has 1 fully saturated rings. The Morgan fingerprint density at radius 1 is 1.38 bits per heavy atom. The number of sulfonamides is 1. The first kappa shape index (κ1) is 11.2. The van der Waals surface area contributed by atoms with E-state index in [1.54, 1.807) is 12.1 Å². The average Bonchev–Trinajstić information content (AvgIpc) is 3.04. The van der Waals surface area contributed by atoms with E-state index in [-0.39, 0.29) is 4.90 Å². The van der Waals surface area contributed by atoms with Crippen molar-refractivity contribution < 1.29 is 8.42 Å². The maximum atomic E-state index is 11.8. The fourth-order valence-electron chi connectivity index (χ4n) is 1.44. The molecule has 0 atom stereocenters. The predicted molar refractivity (Wildman–Crippen MR) is 63.7 cm³/mol. The molecule has 1 aromatic carbocycles. The summed E-state index contributed by atoms with van der Waals surface area (Å²) in [6, 6.07) is 5.27. The van der Waals surface area contributed by atoms with E-state index in [1.165, 1.54) is 13.1 Å². The molecule has 1 aliphatic carbocycles. The molecule has 1 aromatic rings. The summed E-state index contributed by atoms with van der Waals surface area (Å²) >= 11 is 0. The molecular weight excluding hydrogens is 226 g/mol. The molecule has 0 saturated heterocycles. The van der Waals surface area contributed by atoms with E-state index in [0.717, 1.165) is 12.8 Å². The van der Waals surface area contributed by atoms with E-state index in [2.05, 4.69) is 10.0 Å². The monoisotopic (exact) mass is 241 g/mol. The third-order valence-electron chi connectivity index (χ3n) is 2.50. The normalized spacial score (nSPS) is 16.1. The molecule has 0 spiro atoms. The van der Waals surface area contributed by atoms with E-state index in [4.69, 9.17) is 5.73 Å². The van der Waals surface area contributed by atoms with Crippen LogP contribution in [0.25, 0.3) is 0 Å². The summed E-state index contributed by atoms with van der Waals surface area (Å²) in [4.78, 5) is 0.210. The van der Waals surface area contributed by atoms with Crippen molar-refractivity contribution in [2.45, 2.75) is 23.8 Å². The zero-order valence-electron chi connectivity index (χ0n) is 9.03. The maximum Gasteiger partial charge on any atom is 0.242 e. The average molecular weight is 241 g/mol. The number of nitrogen functional groups attached to an aromatic ring is 1. The summed E-state index contributed by atoms with van der Waals surface area (Å²) in [6.45, 7) is 0. The van der Waals surface area contributed by atoms with Crippen LogP contribution >= 0.6 is 0 Å². The van der Waals surface area contributed by atoms with Crippen LogP contribution in [0.5, 0.6) is 0 Å². The number of nitrogens with two attached hydrogens (primary N) is 1. The summed E-state index contributed by atoms with van der Waals surface area (Å²) in [6.07, 6.45) is 2.17. The van der Waals surface area contributed by atoms with Gasteiger partial charge in [0, 0.05) is 11.7 Å².